The molecule has 0 fully saturated rings. The molecule has 110 valence electrons. The first-order chi connectivity index (χ1) is 10.1. The molecule has 0 aromatic carbocycles. The van der Waals surface area contributed by atoms with Crippen LogP contribution in [0, 0.1) is 0 Å². The maximum Gasteiger partial charge on any atom is 0.326 e. The summed E-state index contributed by atoms with van der Waals surface area (Å²) in [4.78, 5) is 32.5. The molecule has 2 aromatic rings. The molecule has 0 bridgehead atoms. The SMILES string of the molecule is CC(C(=O)N1Cc2[nH]cnc2CC1C(=O)O)n1cccn1. The second-order valence-electron chi connectivity index (χ2n) is 5.01. The molecule has 3 rings (SSSR count). The summed E-state index contributed by atoms with van der Waals surface area (Å²) in [5.74, 6) is -1.30. The van der Waals surface area contributed by atoms with Crippen LogP contribution >= 0.6 is 0 Å². The Balaban J connectivity index is 1.88. The van der Waals surface area contributed by atoms with Crippen LogP contribution < -0.4 is 0 Å². The minimum Gasteiger partial charge on any atom is -0.480 e. The maximum atomic E-state index is 12.6. The van der Waals surface area contributed by atoms with E-state index in [-0.39, 0.29) is 18.9 Å². The van der Waals surface area contributed by atoms with Gasteiger partial charge in [0.25, 0.3) is 0 Å². The number of carbonyl (C=O) groups is 2. The molecular weight excluding hydrogens is 274 g/mol. The van der Waals surface area contributed by atoms with Gasteiger partial charge in [0.15, 0.2) is 0 Å². The number of carbonyl (C=O) groups excluding carboxylic acids is 1. The largest absolute Gasteiger partial charge is 0.480 e. The summed E-state index contributed by atoms with van der Waals surface area (Å²) in [5.41, 5.74) is 1.49. The smallest absolute Gasteiger partial charge is 0.326 e. The lowest BCUT2D eigenvalue weighted by Gasteiger charge is -2.34. The Morgan fingerprint density at radius 3 is 3.00 bits per heavy atom. The zero-order valence-electron chi connectivity index (χ0n) is 11.4. The van der Waals surface area contributed by atoms with Crippen LogP contribution in [0.3, 0.4) is 0 Å². The Hall–Kier alpha value is -2.64. The predicted octanol–water partition coefficient (Wildman–Crippen LogP) is 0.205. The molecule has 0 saturated carbocycles. The highest BCUT2D eigenvalue weighted by molar-refractivity contribution is 5.86. The number of aliphatic carboxylic acids is 1. The Bertz CT molecular complexity index is 663. The second-order valence-corrected chi connectivity index (χ2v) is 5.01. The number of amides is 1. The van der Waals surface area contributed by atoms with Crippen LogP contribution in [0.15, 0.2) is 24.8 Å². The number of rotatable bonds is 3. The molecule has 0 radical (unpaired) electrons. The van der Waals surface area contributed by atoms with E-state index >= 15 is 0 Å². The van der Waals surface area contributed by atoms with Gasteiger partial charge in [0.05, 0.1) is 24.3 Å². The van der Waals surface area contributed by atoms with Crippen LogP contribution in [0.1, 0.15) is 24.4 Å². The molecule has 2 N–H and O–H groups in total. The molecule has 21 heavy (non-hydrogen) atoms. The summed E-state index contributed by atoms with van der Waals surface area (Å²) in [6.07, 6.45) is 5.01. The zero-order valence-corrected chi connectivity index (χ0v) is 11.4. The number of carboxylic acid groups (broad SMARTS) is 1. The maximum absolute atomic E-state index is 12.6. The van der Waals surface area contributed by atoms with Gasteiger partial charge in [0, 0.05) is 18.8 Å². The molecule has 8 nitrogen and oxygen atoms in total. The van der Waals surface area contributed by atoms with Crippen LogP contribution in [0.25, 0.3) is 0 Å². The molecule has 0 saturated heterocycles. The molecule has 8 heteroatoms. The molecule has 2 atom stereocenters. The Morgan fingerprint density at radius 1 is 1.52 bits per heavy atom. The molecule has 2 aromatic heterocycles. The Labute approximate surface area is 120 Å². The van der Waals surface area contributed by atoms with E-state index in [0.29, 0.717) is 5.69 Å². The van der Waals surface area contributed by atoms with Crippen LogP contribution in [-0.2, 0) is 22.6 Å². The Kier molecular flexibility index (Phi) is 3.20. The van der Waals surface area contributed by atoms with Gasteiger partial charge >= 0.3 is 5.97 Å². The van der Waals surface area contributed by atoms with Crippen molar-refractivity contribution in [3.63, 3.8) is 0 Å². The van der Waals surface area contributed by atoms with Crippen molar-refractivity contribution < 1.29 is 14.7 Å². The van der Waals surface area contributed by atoms with Gasteiger partial charge in [-0.2, -0.15) is 5.10 Å². The van der Waals surface area contributed by atoms with E-state index in [4.69, 9.17) is 0 Å². The number of carboxylic acids is 1. The second kappa shape index (κ2) is 5.04. The number of H-pyrrole nitrogens is 1. The van der Waals surface area contributed by atoms with Crippen molar-refractivity contribution in [3.8, 4) is 0 Å². The fraction of sp³-hybridized carbons (Fsp3) is 0.385. The average molecular weight is 289 g/mol. The van der Waals surface area contributed by atoms with Crippen molar-refractivity contribution in [1.82, 2.24) is 24.6 Å². The summed E-state index contributed by atoms with van der Waals surface area (Å²) in [5, 5.41) is 13.4. The van der Waals surface area contributed by atoms with Crippen LogP contribution in [0.5, 0.6) is 0 Å². The minimum absolute atomic E-state index is 0.214. The number of hydrogen-bond donors (Lipinski definition) is 2. The lowest BCUT2D eigenvalue weighted by Crippen LogP contribution is -2.50. The summed E-state index contributed by atoms with van der Waals surface area (Å²) < 4.78 is 1.52. The number of aromatic amines is 1. The van der Waals surface area contributed by atoms with Gasteiger partial charge in [-0.25, -0.2) is 9.78 Å². The van der Waals surface area contributed by atoms with E-state index in [1.165, 1.54) is 15.9 Å². The first kappa shape index (κ1) is 13.3. The monoisotopic (exact) mass is 289 g/mol. The van der Waals surface area contributed by atoms with Gasteiger partial charge in [-0.15, -0.1) is 0 Å². The molecule has 0 aliphatic carbocycles. The van der Waals surface area contributed by atoms with Crippen molar-refractivity contribution >= 4 is 11.9 Å². The van der Waals surface area contributed by atoms with Gasteiger partial charge in [-0.3, -0.25) is 9.48 Å². The van der Waals surface area contributed by atoms with E-state index in [9.17, 15) is 14.7 Å². The van der Waals surface area contributed by atoms with Crippen LogP contribution in [0.2, 0.25) is 0 Å². The van der Waals surface area contributed by atoms with Crippen molar-refractivity contribution in [3.05, 3.63) is 36.2 Å². The van der Waals surface area contributed by atoms with Crippen LogP contribution in [-0.4, -0.2) is 47.7 Å². The zero-order chi connectivity index (χ0) is 15.0. The van der Waals surface area contributed by atoms with Crippen molar-refractivity contribution in [2.24, 2.45) is 0 Å². The first-order valence-electron chi connectivity index (χ1n) is 6.61. The number of imidazole rings is 1. The highest BCUT2D eigenvalue weighted by Gasteiger charge is 2.37. The highest BCUT2D eigenvalue weighted by atomic mass is 16.4. The molecule has 0 spiro atoms. The lowest BCUT2D eigenvalue weighted by atomic mass is 10.0. The van der Waals surface area contributed by atoms with E-state index in [2.05, 4.69) is 15.1 Å². The first-order valence-corrected chi connectivity index (χ1v) is 6.61. The molecule has 3 heterocycles. The molecule has 1 amide bonds. The van der Waals surface area contributed by atoms with E-state index in [0.717, 1.165) is 5.69 Å². The van der Waals surface area contributed by atoms with Gasteiger partial charge < -0.3 is 15.0 Å². The summed E-state index contributed by atoms with van der Waals surface area (Å²) in [6.45, 7) is 1.92. The summed E-state index contributed by atoms with van der Waals surface area (Å²) in [7, 11) is 0. The molecule has 2 unspecified atom stereocenters. The van der Waals surface area contributed by atoms with Gasteiger partial charge in [0.2, 0.25) is 5.91 Å². The van der Waals surface area contributed by atoms with Gasteiger partial charge in [-0.1, -0.05) is 0 Å². The standard InChI is InChI=1S/C13H15N5O3/c1-8(18-4-2-3-16-18)12(19)17-6-10-9(14-7-15-10)5-11(17)13(20)21/h2-4,7-8,11H,5-6H2,1H3,(H,14,15)(H,20,21). The van der Waals surface area contributed by atoms with Crippen molar-refractivity contribution in [1.29, 1.82) is 0 Å². The number of fused-ring (bicyclic) bond motifs is 1. The quantitative estimate of drug-likeness (QED) is 0.840. The van der Waals surface area contributed by atoms with Gasteiger partial charge in [-0.05, 0) is 13.0 Å². The average Bonchev–Trinajstić information content (AvgIpc) is 3.14. The summed E-state index contributed by atoms with van der Waals surface area (Å²) in [6, 6.07) is 0.277. The van der Waals surface area contributed by atoms with Crippen LogP contribution in [0.4, 0.5) is 0 Å². The highest BCUT2D eigenvalue weighted by Crippen LogP contribution is 2.23. The number of nitrogens with zero attached hydrogens (tertiary/aromatic N) is 4. The Morgan fingerprint density at radius 2 is 2.33 bits per heavy atom. The van der Waals surface area contributed by atoms with Gasteiger partial charge in [0.1, 0.15) is 12.1 Å². The molecule has 1 aliphatic heterocycles. The van der Waals surface area contributed by atoms with E-state index in [1.807, 2.05) is 0 Å². The number of aromatic nitrogens is 4. The van der Waals surface area contributed by atoms with Crippen molar-refractivity contribution in [2.75, 3.05) is 0 Å². The third-order valence-corrected chi connectivity index (χ3v) is 3.75. The fourth-order valence-corrected chi connectivity index (χ4v) is 2.55. The molecular formula is C13H15N5O3. The minimum atomic E-state index is -1.02. The third-order valence-electron chi connectivity index (χ3n) is 3.75. The van der Waals surface area contributed by atoms with E-state index < -0.39 is 18.1 Å². The number of hydrogen-bond acceptors (Lipinski definition) is 4. The predicted molar refractivity (Wildman–Crippen MR) is 71.2 cm³/mol. The third kappa shape index (κ3) is 2.28. The number of nitrogens with one attached hydrogen (secondary N) is 1. The molecule has 1 aliphatic rings. The lowest BCUT2D eigenvalue weighted by molar-refractivity contribution is -0.153. The fourth-order valence-electron chi connectivity index (χ4n) is 2.55. The van der Waals surface area contributed by atoms with Crippen molar-refractivity contribution in [2.45, 2.75) is 32.0 Å². The van der Waals surface area contributed by atoms with E-state index in [1.54, 1.807) is 25.4 Å². The normalized spacial score (nSPS) is 19.1. The topological polar surface area (TPSA) is 104 Å². The summed E-state index contributed by atoms with van der Waals surface area (Å²) >= 11 is 0.